The van der Waals surface area contributed by atoms with Gasteiger partial charge in [0.25, 0.3) is 0 Å². The molecule has 106 valence electrons. The van der Waals surface area contributed by atoms with Crippen LogP contribution in [0.2, 0.25) is 0 Å². The number of hydrogen-bond acceptors (Lipinski definition) is 4. The molecule has 0 aromatic heterocycles. The van der Waals surface area contributed by atoms with Crippen molar-refractivity contribution in [2.45, 2.75) is 26.4 Å². The summed E-state index contributed by atoms with van der Waals surface area (Å²) >= 11 is 0. The van der Waals surface area contributed by atoms with Gasteiger partial charge in [-0.05, 0) is 38.1 Å². The van der Waals surface area contributed by atoms with Gasteiger partial charge in [0.2, 0.25) is 5.91 Å². The standard InChI is InChI=1S/C14H21NO4/c1-11(2)18-9-7-14(17)15-12-3-5-13(6-4-12)19-10-8-16/h3-6,11,16H,7-10H2,1-2H3,(H,15,17). The monoisotopic (exact) mass is 267 g/mol. The van der Waals surface area contributed by atoms with Gasteiger partial charge in [0, 0.05) is 5.69 Å². The highest BCUT2D eigenvalue weighted by molar-refractivity contribution is 5.90. The number of carbonyl (C=O) groups is 1. The van der Waals surface area contributed by atoms with E-state index in [1.165, 1.54) is 0 Å². The molecule has 0 fully saturated rings. The fraction of sp³-hybridized carbons (Fsp3) is 0.500. The number of rotatable bonds is 8. The molecule has 0 aliphatic heterocycles. The summed E-state index contributed by atoms with van der Waals surface area (Å²) in [5.74, 6) is 0.583. The number of anilines is 1. The van der Waals surface area contributed by atoms with Gasteiger partial charge in [-0.2, -0.15) is 0 Å². The zero-order chi connectivity index (χ0) is 14.1. The second kappa shape index (κ2) is 8.50. The Hall–Kier alpha value is -1.59. The number of aliphatic hydroxyl groups is 1. The van der Waals surface area contributed by atoms with Crippen molar-refractivity contribution in [3.8, 4) is 5.75 Å². The average molecular weight is 267 g/mol. The fourth-order valence-corrected chi connectivity index (χ4v) is 1.41. The molecule has 0 atom stereocenters. The Morgan fingerprint density at radius 2 is 1.95 bits per heavy atom. The van der Waals surface area contributed by atoms with Gasteiger partial charge in [0.15, 0.2) is 0 Å². The molecule has 5 heteroatoms. The summed E-state index contributed by atoms with van der Waals surface area (Å²) in [6.45, 7) is 4.53. The van der Waals surface area contributed by atoms with Crippen molar-refractivity contribution in [2.24, 2.45) is 0 Å². The highest BCUT2D eigenvalue weighted by Crippen LogP contribution is 2.15. The minimum atomic E-state index is -0.0790. The Balaban J connectivity index is 2.33. The lowest BCUT2D eigenvalue weighted by Gasteiger charge is -2.09. The number of hydrogen-bond donors (Lipinski definition) is 2. The van der Waals surface area contributed by atoms with Gasteiger partial charge in [-0.1, -0.05) is 0 Å². The average Bonchev–Trinajstić information content (AvgIpc) is 2.37. The topological polar surface area (TPSA) is 67.8 Å². The van der Waals surface area contributed by atoms with Gasteiger partial charge in [-0.3, -0.25) is 4.79 Å². The molecular formula is C14H21NO4. The molecule has 0 spiro atoms. The van der Waals surface area contributed by atoms with Crippen LogP contribution in [0.4, 0.5) is 5.69 Å². The predicted octanol–water partition coefficient (Wildman–Crippen LogP) is 1.81. The lowest BCUT2D eigenvalue weighted by molar-refractivity contribution is -0.117. The number of nitrogens with one attached hydrogen (secondary N) is 1. The number of ether oxygens (including phenoxy) is 2. The smallest absolute Gasteiger partial charge is 0.226 e. The summed E-state index contributed by atoms with van der Waals surface area (Å²) in [5.41, 5.74) is 0.714. The maximum Gasteiger partial charge on any atom is 0.226 e. The Morgan fingerprint density at radius 1 is 1.26 bits per heavy atom. The molecule has 0 saturated carbocycles. The van der Waals surface area contributed by atoms with E-state index in [2.05, 4.69) is 5.32 Å². The maximum absolute atomic E-state index is 11.6. The molecule has 0 unspecified atom stereocenters. The summed E-state index contributed by atoms with van der Waals surface area (Å²) < 4.78 is 10.5. The largest absolute Gasteiger partial charge is 0.491 e. The van der Waals surface area contributed by atoms with E-state index < -0.39 is 0 Å². The van der Waals surface area contributed by atoms with E-state index in [0.717, 1.165) is 0 Å². The third-order valence-corrected chi connectivity index (χ3v) is 2.28. The maximum atomic E-state index is 11.6. The molecule has 0 saturated heterocycles. The number of benzene rings is 1. The Morgan fingerprint density at radius 3 is 2.53 bits per heavy atom. The first-order chi connectivity index (χ1) is 9.11. The van der Waals surface area contributed by atoms with Crippen molar-refractivity contribution >= 4 is 11.6 Å². The molecule has 2 N–H and O–H groups in total. The summed E-state index contributed by atoms with van der Waals surface area (Å²) in [6, 6.07) is 7.01. The number of amides is 1. The van der Waals surface area contributed by atoms with Crippen LogP contribution in [0.15, 0.2) is 24.3 Å². The molecule has 19 heavy (non-hydrogen) atoms. The van der Waals surface area contributed by atoms with Gasteiger partial charge in [0.1, 0.15) is 12.4 Å². The SMILES string of the molecule is CC(C)OCCC(=O)Nc1ccc(OCCO)cc1. The third-order valence-electron chi connectivity index (χ3n) is 2.28. The highest BCUT2D eigenvalue weighted by Gasteiger charge is 2.03. The van der Waals surface area contributed by atoms with Crippen molar-refractivity contribution in [1.82, 2.24) is 0 Å². The molecule has 1 aromatic rings. The van der Waals surface area contributed by atoms with Gasteiger partial charge in [-0.25, -0.2) is 0 Å². The van der Waals surface area contributed by atoms with Crippen LogP contribution < -0.4 is 10.1 Å². The van der Waals surface area contributed by atoms with E-state index in [0.29, 0.717) is 24.5 Å². The van der Waals surface area contributed by atoms with Crippen LogP contribution in [0.1, 0.15) is 20.3 Å². The molecule has 0 aliphatic carbocycles. The Kier molecular flexibility index (Phi) is 6.92. The van der Waals surface area contributed by atoms with E-state index in [-0.39, 0.29) is 25.2 Å². The van der Waals surface area contributed by atoms with E-state index >= 15 is 0 Å². The van der Waals surface area contributed by atoms with Gasteiger partial charge < -0.3 is 19.9 Å². The number of aliphatic hydroxyl groups excluding tert-OH is 1. The first-order valence-electron chi connectivity index (χ1n) is 6.37. The van der Waals surface area contributed by atoms with Gasteiger partial charge >= 0.3 is 0 Å². The molecule has 1 aromatic carbocycles. The summed E-state index contributed by atoms with van der Waals surface area (Å²) in [6.07, 6.45) is 0.469. The molecule has 0 bridgehead atoms. The van der Waals surface area contributed by atoms with Crippen molar-refractivity contribution in [3.05, 3.63) is 24.3 Å². The Bertz CT molecular complexity index is 376. The molecular weight excluding hydrogens is 246 g/mol. The quantitative estimate of drug-likeness (QED) is 0.754. The zero-order valence-electron chi connectivity index (χ0n) is 11.4. The van der Waals surface area contributed by atoms with Crippen molar-refractivity contribution in [2.75, 3.05) is 25.1 Å². The predicted molar refractivity (Wildman–Crippen MR) is 73.4 cm³/mol. The molecule has 0 heterocycles. The molecule has 5 nitrogen and oxygen atoms in total. The van der Waals surface area contributed by atoms with Crippen LogP contribution in [0, 0.1) is 0 Å². The normalized spacial score (nSPS) is 10.5. The minimum absolute atomic E-state index is 0.0195. The fourth-order valence-electron chi connectivity index (χ4n) is 1.41. The van der Waals surface area contributed by atoms with E-state index in [1.54, 1.807) is 24.3 Å². The minimum Gasteiger partial charge on any atom is -0.491 e. The van der Waals surface area contributed by atoms with Crippen molar-refractivity contribution in [3.63, 3.8) is 0 Å². The first-order valence-corrected chi connectivity index (χ1v) is 6.37. The van der Waals surface area contributed by atoms with Crippen LogP contribution in [-0.4, -0.2) is 36.9 Å². The van der Waals surface area contributed by atoms with Crippen LogP contribution in [0.3, 0.4) is 0 Å². The van der Waals surface area contributed by atoms with Crippen molar-refractivity contribution in [1.29, 1.82) is 0 Å². The molecule has 1 rings (SSSR count). The van der Waals surface area contributed by atoms with E-state index in [9.17, 15) is 4.79 Å². The molecule has 0 aliphatic rings. The molecule has 1 amide bonds. The summed E-state index contributed by atoms with van der Waals surface area (Å²) in [4.78, 5) is 11.6. The highest BCUT2D eigenvalue weighted by atomic mass is 16.5. The lowest BCUT2D eigenvalue weighted by atomic mass is 10.3. The van der Waals surface area contributed by atoms with Crippen LogP contribution in [-0.2, 0) is 9.53 Å². The second-order valence-corrected chi connectivity index (χ2v) is 4.31. The molecule has 0 radical (unpaired) electrons. The van der Waals surface area contributed by atoms with Crippen LogP contribution in [0.25, 0.3) is 0 Å². The van der Waals surface area contributed by atoms with Crippen LogP contribution in [0.5, 0.6) is 5.75 Å². The van der Waals surface area contributed by atoms with Gasteiger partial charge in [-0.15, -0.1) is 0 Å². The summed E-state index contributed by atoms with van der Waals surface area (Å²) in [5, 5.41) is 11.4. The van der Waals surface area contributed by atoms with E-state index in [4.69, 9.17) is 14.6 Å². The van der Waals surface area contributed by atoms with Gasteiger partial charge in [0.05, 0.1) is 25.7 Å². The van der Waals surface area contributed by atoms with E-state index in [1.807, 2.05) is 13.8 Å². The van der Waals surface area contributed by atoms with Crippen LogP contribution >= 0.6 is 0 Å². The second-order valence-electron chi connectivity index (χ2n) is 4.31. The first kappa shape index (κ1) is 15.5. The zero-order valence-corrected chi connectivity index (χ0v) is 11.4. The third kappa shape index (κ3) is 6.79. The number of carbonyl (C=O) groups excluding carboxylic acids is 1. The van der Waals surface area contributed by atoms with Crippen molar-refractivity contribution < 1.29 is 19.4 Å². The summed E-state index contributed by atoms with van der Waals surface area (Å²) in [7, 11) is 0. The lowest BCUT2D eigenvalue weighted by Crippen LogP contribution is -2.15. The Labute approximate surface area is 113 Å².